The third kappa shape index (κ3) is 2.64. The summed E-state index contributed by atoms with van der Waals surface area (Å²) in [5, 5.41) is 0. The first-order valence-electron chi connectivity index (χ1n) is 2.53. The fourth-order valence-electron chi connectivity index (χ4n) is 0.657. The molecule has 0 saturated heterocycles. The largest absolute Gasteiger partial charge is 0.145 e. The topological polar surface area (TPSA) is 0 Å². The predicted octanol–water partition coefficient (Wildman–Crippen LogP) is 3.83. The van der Waals surface area contributed by atoms with E-state index < -0.39 is 0 Å². The highest BCUT2D eigenvalue weighted by Gasteiger charge is 2.22. The van der Waals surface area contributed by atoms with Gasteiger partial charge in [-0.25, -0.2) is 0 Å². The van der Waals surface area contributed by atoms with Crippen molar-refractivity contribution in [2.45, 2.75) is 5.86 Å². The van der Waals surface area contributed by atoms with Crippen LogP contribution in [0.3, 0.4) is 0 Å². The second-order valence-corrected chi connectivity index (χ2v) is 12.9. The van der Waals surface area contributed by atoms with E-state index in [1.165, 1.54) is 5.57 Å². The third-order valence-corrected chi connectivity index (χ3v) is 3.21. The van der Waals surface area contributed by atoms with Crippen molar-refractivity contribution in [3.8, 4) is 0 Å². The molecule has 0 aromatic rings. The number of allylic oxidation sites excluding steroid dienone is 4. The Morgan fingerprint density at radius 1 is 1.33 bits per heavy atom. The van der Waals surface area contributed by atoms with E-state index in [0.717, 1.165) is 6.42 Å². The molecule has 0 fully saturated rings. The highest BCUT2D eigenvalue weighted by atomic mass is 127. The molecule has 0 unspecified atom stereocenters. The lowest BCUT2D eigenvalue weighted by molar-refractivity contribution is 1.25. The maximum Gasteiger partial charge on any atom is 0.145 e. The summed E-state index contributed by atoms with van der Waals surface area (Å²) in [5.41, 5.74) is 1.50. The molecule has 0 nitrogen and oxygen atoms in total. The maximum absolute atomic E-state index is 2.44. The molecule has 50 valence electrons. The molecule has 1 aliphatic rings. The zero-order valence-electron chi connectivity index (χ0n) is 4.57. The van der Waals surface area contributed by atoms with Crippen LogP contribution in [0.5, 0.6) is 0 Å². The first kappa shape index (κ1) is 8.76. The fourth-order valence-corrected chi connectivity index (χ4v) is 1.86. The summed E-state index contributed by atoms with van der Waals surface area (Å²) in [5.74, 6) is 0. The molecule has 0 N–H and O–H groups in total. The SMILES string of the molecule is IC(I)(I)C1=CC=CC1. The van der Waals surface area contributed by atoms with Gasteiger partial charge in [-0.1, -0.05) is 86.0 Å². The van der Waals surface area contributed by atoms with Gasteiger partial charge in [0, 0.05) is 0 Å². The molecule has 0 saturated carbocycles. The lowest BCUT2D eigenvalue weighted by Crippen LogP contribution is -2.00. The minimum absolute atomic E-state index is 0.288. The smallest absolute Gasteiger partial charge is 0.0804 e. The van der Waals surface area contributed by atoms with E-state index >= 15 is 0 Å². The Morgan fingerprint density at radius 3 is 2.22 bits per heavy atom. The monoisotopic (exact) mass is 458 g/mol. The van der Waals surface area contributed by atoms with Gasteiger partial charge in [-0.2, -0.15) is 0 Å². The van der Waals surface area contributed by atoms with E-state index in [1.807, 2.05) is 0 Å². The van der Waals surface area contributed by atoms with Gasteiger partial charge in [0.05, 0.1) is 0 Å². The number of rotatable bonds is 1. The molecule has 0 heterocycles. The van der Waals surface area contributed by atoms with E-state index in [9.17, 15) is 0 Å². The van der Waals surface area contributed by atoms with Crippen molar-refractivity contribution in [1.82, 2.24) is 0 Å². The lowest BCUT2D eigenvalue weighted by Gasteiger charge is -2.12. The van der Waals surface area contributed by atoms with Gasteiger partial charge in [0.2, 0.25) is 0 Å². The normalized spacial score (nSPS) is 18.3. The Balaban J connectivity index is 2.66. The number of alkyl halides is 3. The van der Waals surface area contributed by atoms with E-state index in [2.05, 4.69) is 86.0 Å². The second-order valence-electron chi connectivity index (χ2n) is 1.82. The van der Waals surface area contributed by atoms with Gasteiger partial charge in [-0.05, 0) is 12.0 Å². The van der Waals surface area contributed by atoms with Crippen molar-refractivity contribution in [3.05, 3.63) is 23.8 Å². The van der Waals surface area contributed by atoms with Crippen LogP contribution in [0, 0.1) is 0 Å². The van der Waals surface area contributed by atoms with Crippen LogP contribution in [0.1, 0.15) is 6.42 Å². The van der Waals surface area contributed by atoms with Gasteiger partial charge in [0.25, 0.3) is 0 Å². The summed E-state index contributed by atoms with van der Waals surface area (Å²) >= 11 is 7.33. The summed E-state index contributed by atoms with van der Waals surface area (Å²) in [6, 6.07) is 0. The molecule has 0 atom stereocenters. The quantitative estimate of drug-likeness (QED) is 0.415. The van der Waals surface area contributed by atoms with Crippen molar-refractivity contribution >= 4 is 67.8 Å². The van der Waals surface area contributed by atoms with Gasteiger partial charge in [0.1, 0.15) is -0.565 Å². The summed E-state index contributed by atoms with van der Waals surface area (Å²) in [6.45, 7) is 0. The summed E-state index contributed by atoms with van der Waals surface area (Å²) in [6.07, 6.45) is 7.65. The molecule has 0 spiro atoms. The van der Waals surface area contributed by atoms with Crippen molar-refractivity contribution in [2.75, 3.05) is 0 Å². The molecular weight excluding hydrogens is 453 g/mol. The van der Waals surface area contributed by atoms with Crippen LogP contribution in [0.15, 0.2) is 23.8 Å². The summed E-state index contributed by atoms with van der Waals surface area (Å²) < 4.78 is 0.288. The van der Waals surface area contributed by atoms with E-state index in [0.29, 0.717) is 0 Å². The number of hydrogen-bond donors (Lipinski definition) is 0. The molecule has 3 heteroatoms. The molecule has 1 aliphatic carbocycles. The molecular formula is C6H5I3. The van der Waals surface area contributed by atoms with E-state index in [-0.39, 0.29) is -0.565 Å². The third-order valence-electron chi connectivity index (χ3n) is 1.14. The molecule has 0 aliphatic heterocycles. The molecule has 0 amide bonds. The Morgan fingerprint density at radius 2 is 2.00 bits per heavy atom. The van der Waals surface area contributed by atoms with Gasteiger partial charge in [-0.3, -0.25) is 0 Å². The van der Waals surface area contributed by atoms with Crippen LogP contribution in [0.2, 0.25) is 0 Å². The Hall–Kier alpha value is 1.67. The zero-order chi connectivity index (χ0) is 6.91. The van der Waals surface area contributed by atoms with E-state index in [4.69, 9.17) is 0 Å². The Labute approximate surface area is 96.0 Å². The van der Waals surface area contributed by atoms with Crippen LogP contribution in [-0.4, -0.2) is -0.565 Å². The molecule has 0 bridgehead atoms. The summed E-state index contributed by atoms with van der Waals surface area (Å²) in [4.78, 5) is 0. The minimum Gasteiger partial charge on any atom is -0.0804 e. The van der Waals surface area contributed by atoms with Crippen LogP contribution < -0.4 is 0 Å². The highest BCUT2D eigenvalue weighted by Crippen LogP contribution is 2.45. The van der Waals surface area contributed by atoms with Gasteiger partial charge in [-0.15, -0.1) is 0 Å². The van der Waals surface area contributed by atoms with Gasteiger partial charge < -0.3 is 0 Å². The summed E-state index contributed by atoms with van der Waals surface area (Å²) in [7, 11) is 0. The average molecular weight is 458 g/mol. The molecule has 0 radical (unpaired) electrons. The first-order valence-corrected chi connectivity index (χ1v) is 5.77. The average Bonchev–Trinajstić information content (AvgIpc) is 2.08. The van der Waals surface area contributed by atoms with Crippen molar-refractivity contribution in [3.63, 3.8) is 0 Å². The molecule has 0 aromatic heterocycles. The Kier molecular flexibility index (Phi) is 3.29. The van der Waals surface area contributed by atoms with E-state index in [1.54, 1.807) is 0 Å². The maximum atomic E-state index is 2.44. The minimum atomic E-state index is 0.288. The fraction of sp³-hybridized carbons (Fsp3) is 0.333. The van der Waals surface area contributed by atoms with Crippen molar-refractivity contribution in [1.29, 1.82) is 0 Å². The Bertz CT molecular complexity index is 162. The van der Waals surface area contributed by atoms with Crippen LogP contribution in [0.25, 0.3) is 0 Å². The van der Waals surface area contributed by atoms with Crippen molar-refractivity contribution < 1.29 is 0 Å². The van der Waals surface area contributed by atoms with Gasteiger partial charge in [0.15, 0.2) is 0 Å². The second kappa shape index (κ2) is 3.38. The van der Waals surface area contributed by atoms with Gasteiger partial charge >= 0.3 is 0 Å². The van der Waals surface area contributed by atoms with Crippen molar-refractivity contribution in [2.24, 2.45) is 0 Å². The van der Waals surface area contributed by atoms with Crippen LogP contribution in [0.4, 0.5) is 0 Å². The first-order chi connectivity index (χ1) is 4.11. The predicted molar refractivity (Wildman–Crippen MR) is 66.6 cm³/mol. The standard InChI is InChI=1S/C6H5I3/c7-6(8,9)5-3-1-2-4-5/h1-3H,4H2. The number of hydrogen-bond acceptors (Lipinski definition) is 0. The molecule has 9 heavy (non-hydrogen) atoms. The lowest BCUT2D eigenvalue weighted by atomic mass is 10.3. The molecule has 1 rings (SSSR count). The van der Waals surface area contributed by atoms with Crippen LogP contribution in [-0.2, 0) is 0 Å². The number of halogens is 3. The van der Waals surface area contributed by atoms with Crippen LogP contribution >= 0.6 is 67.8 Å². The zero-order valence-corrected chi connectivity index (χ0v) is 11.0. The highest BCUT2D eigenvalue weighted by molar-refractivity contribution is 14.3. The molecule has 0 aromatic carbocycles.